The highest BCUT2D eigenvalue weighted by molar-refractivity contribution is 5.43. The first kappa shape index (κ1) is 10.1. The first-order chi connectivity index (χ1) is 5.82. The van der Waals surface area contributed by atoms with Crippen LogP contribution in [-0.2, 0) is 5.41 Å². The zero-order valence-corrected chi connectivity index (χ0v) is 9.10. The van der Waals surface area contributed by atoms with Gasteiger partial charge in [-0.3, -0.25) is 0 Å². The predicted molar refractivity (Wildman–Crippen MR) is 56.3 cm³/mol. The molecule has 0 aliphatic heterocycles. The lowest BCUT2D eigenvalue weighted by molar-refractivity contribution is 0.472. The molecule has 1 N–H and O–H groups in total. The largest absolute Gasteiger partial charge is 0.508 e. The molecule has 0 saturated carbocycles. The van der Waals surface area contributed by atoms with Crippen molar-refractivity contribution in [2.24, 2.45) is 0 Å². The van der Waals surface area contributed by atoms with Crippen LogP contribution in [0.4, 0.5) is 0 Å². The summed E-state index contributed by atoms with van der Waals surface area (Å²) in [7, 11) is 0. The molecule has 0 bridgehead atoms. The second-order valence-electron chi connectivity index (χ2n) is 4.70. The predicted octanol–water partition coefficient (Wildman–Crippen LogP) is 3.31. The van der Waals surface area contributed by atoms with Gasteiger partial charge in [-0.1, -0.05) is 20.8 Å². The van der Waals surface area contributed by atoms with E-state index in [0.717, 1.165) is 0 Å². The Morgan fingerprint density at radius 3 is 1.69 bits per heavy atom. The summed E-state index contributed by atoms with van der Waals surface area (Å²) in [5, 5.41) is 9.38. The van der Waals surface area contributed by atoms with E-state index in [1.165, 1.54) is 16.7 Å². The Hall–Kier alpha value is -0.980. The monoisotopic (exact) mass is 178 g/mol. The molecule has 1 aromatic rings. The van der Waals surface area contributed by atoms with Gasteiger partial charge in [0.25, 0.3) is 0 Å². The number of hydrogen-bond donors (Lipinski definition) is 1. The summed E-state index contributed by atoms with van der Waals surface area (Å²) in [5.41, 5.74) is 3.84. The van der Waals surface area contributed by atoms with Crippen molar-refractivity contribution in [3.8, 4) is 5.75 Å². The summed E-state index contributed by atoms with van der Waals surface area (Å²) in [6.07, 6.45) is 0. The van der Waals surface area contributed by atoms with E-state index < -0.39 is 0 Å². The van der Waals surface area contributed by atoms with E-state index in [2.05, 4.69) is 20.8 Å². The summed E-state index contributed by atoms with van der Waals surface area (Å²) >= 11 is 0. The van der Waals surface area contributed by atoms with Gasteiger partial charge < -0.3 is 5.11 Å². The number of rotatable bonds is 0. The maximum Gasteiger partial charge on any atom is 0.116 e. The van der Waals surface area contributed by atoms with Crippen LogP contribution in [0.25, 0.3) is 0 Å². The SMILES string of the molecule is Cc1cc(O)cc(C)c1C(C)(C)C. The Labute approximate surface area is 80.4 Å². The first-order valence-electron chi connectivity index (χ1n) is 4.63. The lowest BCUT2D eigenvalue weighted by atomic mass is 9.81. The Bertz CT molecular complexity index is 295. The summed E-state index contributed by atoms with van der Waals surface area (Å²) in [5.74, 6) is 0.364. The molecule has 0 atom stereocenters. The summed E-state index contributed by atoms with van der Waals surface area (Å²) in [4.78, 5) is 0. The number of benzene rings is 1. The molecule has 1 rings (SSSR count). The second-order valence-corrected chi connectivity index (χ2v) is 4.70. The average Bonchev–Trinajstić information content (AvgIpc) is 1.78. The smallest absolute Gasteiger partial charge is 0.116 e. The molecular weight excluding hydrogens is 160 g/mol. The fourth-order valence-electron chi connectivity index (χ4n) is 2.12. The van der Waals surface area contributed by atoms with Crippen LogP contribution >= 0.6 is 0 Å². The van der Waals surface area contributed by atoms with Gasteiger partial charge in [-0.2, -0.15) is 0 Å². The van der Waals surface area contributed by atoms with E-state index in [1.807, 2.05) is 26.0 Å². The zero-order valence-electron chi connectivity index (χ0n) is 9.10. The normalized spacial score (nSPS) is 11.8. The van der Waals surface area contributed by atoms with Crippen LogP contribution in [0.1, 0.15) is 37.5 Å². The van der Waals surface area contributed by atoms with Crippen molar-refractivity contribution >= 4 is 0 Å². The highest BCUT2D eigenvalue weighted by Crippen LogP contribution is 2.31. The molecule has 0 saturated heterocycles. The van der Waals surface area contributed by atoms with Gasteiger partial charge in [-0.05, 0) is 48.1 Å². The molecule has 0 spiro atoms. The molecule has 0 radical (unpaired) electrons. The Balaban J connectivity index is 3.38. The third-order valence-electron chi connectivity index (χ3n) is 2.27. The fraction of sp³-hybridized carbons (Fsp3) is 0.500. The average molecular weight is 178 g/mol. The second kappa shape index (κ2) is 3.06. The lowest BCUT2D eigenvalue weighted by Crippen LogP contribution is -2.14. The molecule has 0 fully saturated rings. The third kappa shape index (κ3) is 2.03. The summed E-state index contributed by atoms with van der Waals surface area (Å²) < 4.78 is 0. The first-order valence-corrected chi connectivity index (χ1v) is 4.63. The highest BCUT2D eigenvalue weighted by atomic mass is 16.3. The minimum atomic E-state index is 0.155. The van der Waals surface area contributed by atoms with Crippen molar-refractivity contribution in [3.63, 3.8) is 0 Å². The van der Waals surface area contributed by atoms with Crippen LogP contribution in [0.3, 0.4) is 0 Å². The van der Waals surface area contributed by atoms with Gasteiger partial charge in [0, 0.05) is 0 Å². The topological polar surface area (TPSA) is 20.2 Å². The third-order valence-corrected chi connectivity index (χ3v) is 2.27. The Morgan fingerprint density at radius 2 is 1.38 bits per heavy atom. The minimum Gasteiger partial charge on any atom is -0.508 e. The van der Waals surface area contributed by atoms with Gasteiger partial charge in [0.15, 0.2) is 0 Å². The molecule has 72 valence electrons. The highest BCUT2D eigenvalue weighted by Gasteiger charge is 2.18. The number of aromatic hydroxyl groups is 1. The standard InChI is InChI=1S/C12H18O/c1-8-6-10(13)7-9(2)11(8)12(3,4)5/h6-7,13H,1-5H3. The van der Waals surface area contributed by atoms with E-state index in [4.69, 9.17) is 0 Å². The molecule has 0 amide bonds. The van der Waals surface area contributed by atoms with Gasteiger partial charge in [0.05, 0.1) is 0 Å². The van der Waals surface area contributed by atoms with Crippen LogP contribution in [0.15, 0.2) is 12.1 Å². The van der Waals surface area contributed by atoms with Crippen LogP contribution < -0.4 is 0 Å². The van der Waals surface area contributed by atoms with Gasteiger partial charge in [-0.15, -0.1) is 0 Å². The quantitative estimate of drug-likeness (QED) is 0.646. The summed E-state index contributed by atoms with van der Waals surface area (Å²) in [6, 6.07) is 3.65. The molecule has 0 aromatic heterocycles. The van der Waals surface area contributed by atoms with Crippen molar-refractivity contribution in [1.82, 2.24) is 0 Å². The fourth-order valence-corrected chi connectivity index (χ4v) is 2.12. The number of phenols is 1. The van der Waals surface area contributed by atoms with Gasteiger partial charge in [0.2, 0.25) is 0 Å². The zero-order chi connectivity index (χ0) is 10.2. The van der Waals surface area contributed by atoms with Crippen molar-refractivity contribution in [3.05, 3.63) is 28.8 Å². The molecule has 1 heteroatoms. The Kier molecular flexibility index (Phi) is 2.38. The van der Waals surface area contributed by atoms with Crippen LogP contribution in [0, 0.1) is 13.8 Å². The van der Waals surface area contributed by atoms with Crippen LogP contribution in [0.2, 0.25) is 0 Å². The van der Waals surface area contributed by atoms with Gasteiger partial charge >= 0.3 is 0 Å². The number of phenolic OH excluding ortho intramolecular Hbond substituents is 1. The molecule has 13 heavy (non-hydrogen) atoms. The van der Waals surface area contributed by atoms with Crippen molar-refractivity contribution < 1.29 is 5.11 Å². The number of aryl methyl sites for hydroxylation is 2. The van der Waals surface area contributed by atoms with E-state index in [1.54, 1.807) is 0 Å². The maximum absolute atomic E-state index is 9.38. The minimum absolute atomic E-state index is 0.155. The van der Waals surface area contributed by atoms with E-state index >= 15 is 0 Å². The van der Waals surface area contributed by atoms with Crippen LogP contribution in [0.5, 0.6) is 5.75 Å². The number of hydrogen-bond acceptors (Lipinski definition) is 1. The Morgan fingerprint density at radius 1 is 1.00 bits per heavy atom. The molecule has 1 aromatic carbocycles. The van der Waals surface area contributed by atoms with Gasteiger partial charge in [0.1, 0.15) is 5.75 Å². The van der Waals surface area contributed by atoms with E-state index in [9.17, 15) is 5.11 Å². The molecular formula is C12H18O. The van der Waals surface area contributed by atoms with Gasteiger partial charge in [-0.25, -0.2) is 0 Å². The van der Waals surface area contributed by atoms with Crippen molar-refractivity contribution in [1.29, 1.82) is 0 Å². The molecule has 0 heterocycles. The molecule has 0 unspecified atom stereocenters. The molecule has 0 aliphatic carbocycles. The maximum atomic E-state index is 9.38. The molecule has 1 nitrogen and oxygen atoms in total. The van der Waals surface area contributed by atoms with Crippen molar-refractivity contribution in [2.75, 3.05) is 0 Å². The van der Waals surface area contributed by atoms with Crippen molar-refractivity contribution in [2.45, 2.75) is 40.0 Å². The molecule has 0 aliphatic rings. The van der Waals surface area contributed by atoms with E-state index in [-0.39, 0.29) is 5.41 Å². The van der Waals surface area contributed by atoms with Crippen LogP contribution in [-0.4, -0.2) is 5.11 Å². The lowest BCUT2D eigenvalue weighted by Gasteiger charge is -2.24. The van der Waals surface area contributed by atoms with E-state index in [0.29, 0.717) is 5.75 Å². The summed E-state index contributed by atoms with van der Waals surface area (Å²) in [6.45, 7) is 10.7.